The molecule has 0 unspecified atom stereocenters. The summed E-state index contributed by atoms with van der Waals surface area (Å²) in [4.78, 5) is 26.4. The number of hydrogen-bond acceptors (Lipinski definition) is 11. The second-order valence-corrected chi connectivity index (χ2v) is 3.66. The number of tetrazole rings is 1. The molecule has 0 saturated heterocycles. The highest BCUT2D eigenvalue weighted by Crippen LogP contribution is 2.22. The van der Waals surface area contributed by atoms with E-state index in [2.05, 4.69) is 60.5 Å². The molecule has 0 aromatic carbocycles. The first kappa shape index (κ1) is 11.6. The molecule has 0 fully saturated rings. The smallest absolute Gasteiger partial charge is 0.213 e. The summed E-state index contributed by atoms with van der Waals surface area (Å²) in [7, 11) is 0. The molecule has 104 valence electrons. The third-order valence-electron chi connectivity index (χ3n) is 2.51. The van der Waals surface area contributed by atoms with Crippen LogP contribution < -0.4 is 0 Å². The second-order valence-electron chi connectivity index (χ2n) is 3.66. The Bertz CT molecular complexity index is 937. The summed E-state index contributed by atoms with van der Waals surface area (Å²) in [6.45, 7) is 0. The van der Waals surface area contributed by atoms with Crippen LogP contribution in [0, 0.1) is 0 Å². The van der Waals surface area contributed by atoms with Crippen molar-refractivity contribution in [3.05, 3.63) is 20.9 Å². The first-order valence-electron chi connectivity index (χ1n) is 5.42. The van der Waals surface area contributed by atoms with Gasteiger partial charge in [0.1, 0.15) is 0 Å². The van der Waals surface area contributed by atoms with E-state index in [1.54, 1.807) is 0 Å². The van der Waals surface area contributed by atoms with Crippen molar-refractivity contribution in [1.82, 2.24) is 25.1 Å². The fourth-order valence-corrected chi connectivity index (χ4v) is 1.76. The molecule has 0 bridgehead atoms. The monoisotopic (exact) mass is 296 g/mol. The van der Waals surface area contributed by atoms with Crippen LogP contribution in [-0.4, -0.2) is 54.9 Å². The van der Waals surface area contributed by atoms with Gasteiger partial charge in [-0.1, -0.05) is 5.10 Å². The lowest BCUT2D eigenvalue weighted by Gasteiger charge is -2.29. The van der Waals surface area contributed by atoms with E-state index in [9.17, 15) is 0 Å². The summed E-state index contributed by atoms with van der Waals surface area (Å²) in [6, 6.07) is 0. The van der Waals surface area contributed by atoms with Crippen LogP contribution in [0.5, 0.6) is 0 Å². The maximum Gasteiger partial charge on any atom is 0.279 e. The highest BCUT2D eigenvalue weighted by molar-refractivity contribution is 6.27. The molecule has 16 nitrogen and oxygen atoms in total. The summed E-state index contributed by atoms with van der Waals surface area (Å²) >= 11 is 0. The van der Waals surface area contributed by atoms with Gasteiger partial charge in [0.05, 0.1) is 0 Å². The van der Waals surface area contributed by atoms with Crippen LogP contribution in [0.4, 0.5) is 5.95 Å². The molecule has 0 radical (unpaired) electrons. The molecule has 4 rings (SSSR count). The molecule has 0 saturated carbocycles. The Balaban J connectivity index is 2.00. The van der Waals surface area contributed by atoms with Gasteiger partial charge >= 0.3 is 0 Å². The molecule has 0 spiro atoms. The highest BCUT2D eigenvalue weighted by Gasteiger charge is 2.37. The molecule has 22 heavy (non-hydrogen) atoms. The zero-order valence-electron chi connectivity index (χ0n) is 10.2. The maximum atomic E-state index is 8.52. The first-order valence-corrected chi connectivity index (χ1v) is 5.42. The van der Waals surface area contributed by atoms with Gasteiger partial charge in [0.15, 0.2) is 0 Å². The van der Waals surface area contributed by atoms with Crippen LogP contribution in [0.3, 0.4) is 0 Å². The van der Waals surface area contributed by atoms with Crippen molar-refractivity contribution in [2.45, 2.75) is 0 Å². The van der Waals surface area contributed by atoms with E-state index in [0.29, 0.717) is 0 Å². The average molecular weight is 296 g/mol. The number of nitrogens with zero attached hydrogens (tertiary/aromatic N) is 16. The molecular formula is C6N16. The van der Waals surface area contributed by atoms with Gasteiger partial charge in [-0.05, 0) is 31.7 Å². The van der Waals surface area contributed by atoms with Crippen molar-refractivity contribution in [2.24, 2.45) is 35.2 Å². The summed E-state index contributed by atoms with van der Waals surface area (Å²) in [5, 5.41) is 17.5. The van der Waals surface area contributed by atoms with Crippen LogP contribution in [0.25, 0.3) is 20.9 Å². The van der Waals surface area contributed by atoms with Gasteiger partial charge in [-0.25, -0.2) is 4.90 Å². The van der Waals surface area contributed by atoms with Crippen LogP contribution in [0.2, 0.25) is 0 Å². The van der Waals surface area contributed by atoms with E-state index in [-0.39, 0.29) is 35.7 Å². The third kappa shape index (κ3) is 1.52. The zero-order valence-corrected chi connectivity index (χ0v) is 10.2. The van der Waals surface area contributed by atoms with Crippen molar-refractivity contribution in [2.75, 3.05) is 0 Å². The molecule has 0 amide bonds. The lowest BCUT2D eigenvalue weighted by Crippen LogP contribution is -2.50. The Morgan fingerprint density at radius 1 is 0.864 bits per heavy atom. The Morgan fingerprint density at radius 2 is 1.55 bits per heavy atom. The molecule has 3 aliphatic rings. The minimum atomic E-state index is -0.211. The number of rotatable bonds is 0. The van der Waals surface area contributed by atoms with Gasteiger partial charge in [-0.3, -0.25) is 0 Å². The first-order chi connectivity index (χ1) is 10.8. The molecule has 16 heteroatoms. The normalized spacial score (nSPS) is 17.5. The standard InChI is InChI=1S/C6N16/c7-17-14-1-9-3-11-2(15-18-8)12-6-21(3)4(10-1)13-5-16-19-20-22(5)6. The number of guanidine groups is 4. The average Bonchev–Trinajstić information content (AvgIpc) is 2.96. The molecule has 1 aromatic rings. The van der Waals surface area contributed by atoms with E-state index >= 15 is 0 Å². The van der Waals surface area contributed by atoms with Crippen molar-refractivity contribution in [3.63, 3.8) is 0 Å². The largest absolute Gasteiger partial charge is 0.279 e. The quantitative estimate of drug-likeness (QED) is 0.364. The van der Waals surface area contributed by atoms with Crippen LogP contribution in [0.15, 0.2) is 35.2 Å². The van der Waals surface area contributed by atoms with Crippen molar-refractivity contribution < 1.29 is 0 Å². The molecule has 0 aliphatic carbocycles. The zero-order chi connectivity index (χ0) is 15.1. The highest BCUT2D eigenvalue weighted by atomic mass is 15.7. The number of fused-ring (bicyclic) bond motifs is 2. The summed E-state index contributed by atoms with van der Waals surface area (Å²) in [5.74, 6) is -0.125. The van der Waals surface area contributed by atoms with Crippen molar-refractivity contribution >= 4 is 35.7 Å². The van der Waals surface area contributed by atoms with Gasteiger partial charge < -0.3 is 0 Å². The molecule has 0 N–H and O–H groups in total. The molecule has 1 aromatic heterocycles. The van der Waals surface area contributed by atoms with Crippen LogP contribution in [0.1, 0.15) is 0 Å². The predicted octanol–water partition coefficient (Wildman–Crippen LogP) is -0.104. The topological polar surface area (TPSA) is 206 Å². The van der Waals surface area contributed by atoms with E-state index in [4.69, 9.17) is 11.1 Å². The second kappa shape index (κ2) is 4.17. The van der Waals surface area contributed by atoms with Crippen LogP contribution in [-0.2, 0) is 0 Å². The van der Waals surface area contributed by atoms with E-state index < -0.39 is 0 Å². The van der Waals surface area contributed by atoms with Gasteiger partial charge in [-0.2, -0.15) is 25.0 Å². The minimum Gasteiger partial charge on any atom is -0.213 e. The van der Waals surface area contributed by atoms with E-state index in [1.807, 2.05) is 0 Å². The summed E-state index contributed by atoms with van der Waals surface area (Å²) in [6.07, 6.45) is 0. The number of aromatic nitrogens is 4. The predicted molar refractivity (Wildman–Crippen MR) is 70.2 cm³/mol. The third-order valence-corrected chi connectivity index (χ3v) is 2.51. The van der Waals surface area contributed by atoms with E-state index in [1.165, 1.54) is 9.58 Å². The van der Waals surface area contributed by atoms with Gasteiger partial charge in [0.25, 0.3) is 5.95 Å². The number of aliphatic imine (C=N–C) groups is 5. The molecule has 4 heterocycles. The fourth-order valence-electron chi connectivity index (χ4n) is 1.76. The van der Waals surface area contributed by atoms with Crippen molar-refractivity contribution in [1.29, 1.82) is 0 Å². The molecular weight excluding hydrogens is 296 g/mol. The minimum absolute atomic E-state index is 0.00435. The molecule has 3 aliphatic heterocycles. The Labute approximate surface area is 118 Å². The Kier molecular flexibility index (Phi) is 2.21. The number of azide groups is 2. The fraction of sp³-hybridized carbons (Fsp3) is 0. The summed E-state index contributed by atoms with van der Waals surface area (Å²) < 4.78 is 1.19. The van der Waals surface area contributed by atoms with Gasteiger partial charge in [-0.15, -0.1) is 4.68 Å². The van der Waals surface area contributed by atoms with Crippen molar-refractivity contribution in [3.8, 4) is 0 Å². The van der Waals surface area contributed by atoms with Crippen LogP contribution >= 0.6 is 0 Å². The SMILES string of the molecule is [N-]=[N+]=NC1=NC2=NC(N=[N+]=[N-])=NC3=Nc4nnnn4C(=N1)N23. The Morgan fingerprint density at radius 3 is 2.27 bits per heavy atom. The number of hydrogen-bond donors (Lipinski definition) is 0. The van der Waals surface area contributed by atoms with Gasteiger partial charge in [0.2, 0.25) is 29.8 Å². The maximum absolute atomic E-state index is 8.52. The lowest BCUT2D eigenvalue weighted by atomic mass is 10.5. The molecule has 0 atom stereocenters. The summed E-state index contributed by atoms with van der Waals surface area (Å²) in [5.41, 5.74) is 17.0. The van der Waals surface area contributed by atoms with E-state index in [0.717, 1.165) is 0 Å². The van der Waals surface area contributed by atoms with Gasteiger partial charge in [0, 0.05) is 9.82 Å². The Hall–Kier alpha value is -4.16. The lowest BCUT2D eigenvalue weighted by molar-refractivity contribution is 0.711.